The number of carbonyl (C=O) groups is 3. The van der Waals surface area contributed by atoms with Gasteiger partial charge in [0.25, 0.3) is 11.5 Å². The molecule has 2 fully saturated rings. The van der Waals surface area contributed by atoms with Crippen LogP contribution in [0.25, 0.3) is 0 Å². The minimum absolute atomic E-state index is 0.113. The highest BCUT2D eigenvalue weighted by molar-refractivity contribution is 6.30. The van der Waals surface area contributed by atoms with Gasteiger partial charge < -0.3 is 9.80 Å². The molecule has 2 aromatic rings. The summed E-state index contributed by atoms with van der Waals surface area (Å²) in [7, 11) is 0. The highest BCUT2D eigenvalue weighted by Crippen LogP contribution is 2.25. The summed E-state index contributed by atoms with van der Waals surface area (Å²) in [5.74, 6) is -1.69. The van der Waals surface area contributed by atoms with Crippen molar-refractivity contribution in [3.63, 3.8) is 0 Å². The van der Waals surface area contributed by atoms with Crippen LogP contribution in [-0.2, 0) is 9.59 Å². The number of hydrogen-bond acceptors (Lipinski definition) is 4. The summed E-state index contributed by atoms with van der Waals surface area (Å²) in [4.78, 5) is 55.8. The van der Waals surface area contributed by atoms with Gasteiger partial charge in [0.15, 0.2) is 11.8 Å². The molecule has 2 saturated heterocycles. The quantitative estimate of drug-likeness (QED) is 0.478. The number of likely N-dealkylation sites (tertiary alicyclic amines) is 2. The van der Waals surface area contributed by atoms with Crippen LogP contribution in [0.5, 0.6) is 0 Å². The van der Waals surface area contributed by atoms with E-state index in [4.69, 9.17) is 11.6 Å². The molecule has 1 aromatic heterocycles. The molecule has 3 heterocycles. The lowest BCUT2D eigenvalue weighted by Crippen LogP contribution is -2.49. The summed E-state index contributed by atoms with van der Waals surface area (Å²) in [5.41, 5.74) is -0.435. The lowest BCUT2D eigenvalue weighted by molar-refractivity contribution is -0.142. The molecule has 2 aliphatic heterocycles. The zero-order chi connectivity index (χ0) is 24.2. The molecule has 1 atom stereocenters. The molecular weight excluding hydrogens is 461 g/mol. The fourth-order valence-corrected chi connectivity index (χ4v) is 4.87. The summed E-state index contributed by atoms with van der Waals surface area (Å²) >= 11 is 6.06. The number of hydrogen-bond donors (Lipinski definition) is 0. The molecule has 2 amide bonds. The monoisotopic (exact) mass is 487 g/mol. The van der Waals surface area contributed by atoms with E-state index in [2.05, 4.69) is 0 Å². The summed E-state index contributed by atoms with van der Waals surface area (Å²) in [6, 6.07) is 5.96. The van der Waals surface area contributed by atoms with E-state index < -0.39 is 29.1 Å². The van der Waals surface area contributed by atoms with Crippen molar-refractivity contribution in [3.05, 3.63) is 69.4 Å². The molecule has 0 N–H and O–H groups in total. The third-order valence-corrected chi connectivity index (χ3v) is 6.84. The molecule has 1 unspecified atom stereocenters. The highest BCUT2D eigenvalue weighted by Gasteiger charge is 2.37. The summed E-state index contributed by atoms with van der Waals surface area (Å²) in [6.45, 7) is 2.19. The van der Waals surface area contributed by atoms with Crippen LogP contribution in [0.3, 0.4) is 0 Å². The van der Waals surface area contributed by atoms with Crippen LogP contribution in [0.2, 0.25) is 5.02 Å². The van der Waals surface area contributed by atoms with Crippen LogP contribution in [0.1, 0.15) is 48.5 Å². The van der Waals surface area contributed by atoms with Crippen molar-refractivity contribution >= 4 is 29.2 Å². The number of piperidine rings is 2. The number of amides is 2. The van der Waals surface area contributed by atoms with E-state index in [0.29, 0.717) is 25.9 Å². The molecule has 9 heteroatoms. The van der Waals surface area contributed by atoms with Crippen LogP contribution >= 0.6 is 11.6 Å². The number of pyridine rings is 1. The molecule has 0 bridgehead atoms. The van der Waals surface area contributed by atoms with E-state index in [0.717, 1.165) is 49.1 Å². The average Bonchev–Trinajstić information content (AvgIpc) is 2.86. The van der Waals surface area contributed by atoms with Crippen LogP contribution in [0.15, 0.2) is 47.4 Å². The van der Waals surface area contributed by atoms with Gasteiger partial charge in [0.2, 0.25) is 5.91 Å². The highest BCUT2D eigenvalue weighted by atomic mass is 35.5. The van der Waals surface area contributed by atoms with Crippen molar-refractivity contribution in [2.75, 3.05) is 26.2 Å². The fourth-order valence-electron chi connectivity index (χ4n) is 4.70. The van der Waals surface area contributed by atoms with Crippen molar-refractivity contribution in [2.45, 2.75) is 38.1 Å². The van der Waals surface area contributed by atoms with Gasteiger partial charge in [-0.05, 0) is 62.4 Å². The first-order valence-electron chi connectivity index (χ1n) is 11.6. The Labute approximate surface area is 202 Å². The number of nitrogens with zero attached hydrogens (tertiary/aromatic N) is 3. The summed E-state index contributed by atoms with van der Waals surface area (Å²) in [5, 5.41) is 0.204. The number of ketones is 1. The zero-order valence-corrected chi connectivity index (χ0v) is 19.5. The number of carbonyl (C=O) groups excluding carboxylic acids is 3. The van der Waals surface area contributed by atoms with Crippen LogP contribution in [0.4, 0.5) is 4.39 Å². The van der Waals surface area contributed by atoms with Gasteiger partial charge in [0.05, 0.1) is 5.02 Å². The Morgan fingerprint density at radius 2 is 1.53 bits per heavy atom. The maximum Gasteiger partial charge on any atom is 0.253 e. The lowest BCUT2D eigenvalue weighted by atomic mass is 9.93. The molecule has 4 rings (SSSR count). The Kier molecular flexibility index (Phi) is 7.46. The Hall–Kier alpha value is -3.00. The Morgan fingerprint density at radius 3 is 2.18 bits per heavy atom. The number of rotatable bonds is 5. The predicted molar refractivity (Wildman–Crippen MR) is 125 cm³/mol. The Balaban J connectivity index is 1.54. The Bertz CT molecular complexity index is 1120. The minimum Gasteiger partial charge on any atom is -0.342 e. The smallest absolute Gasteiger partial charge is 0.253 e. The van der Waals surface area contributed by atoms with Crippen LogP contribution in [0, 0.1) is 11.7 Å². The van der Waals surface area contributed by atoms with E-state index in [9.17, 15) is 23.6 Å². The molecule has 1 aromatic carbocycles. The molecule has 2 aliphatic rings. The SMILES string of the molecule is O=C(c1ccc(F)cc1)C(C(=O)N1CCC(C(=O)N2CCCCC2)CC1)n1cc(Cl)ccc1=O. The molecule has 0 aliphatic carbocycles. The predicted octanol–water partition coefficient (Wildman–Crippen LogP) is 3.32. The van der Waals surface area contributed by atoms with Gasteiger partial charge in [-0.3, -0.25) is 23.7 Å². The first-order chi connectivity index (χ1) is 16.3. The van der Waals surface area contributed by atoms with Crippen molar-refractivity contribution in [2.24, 2.45) is 5.92 Å². The summed E-state index contributed by atoms with van der Waals surface area (Å²) in [6.07, 6.45) is 5.45. The maximum atomic E-state index is 13.6. The standard InChI is InChI=1S/C25H27ClFN3O4/c26-19-6-9-21(31)30(16-19)22(23(32)17-4-7-20(27)8-5-17)25(34)29-14-10-18(11-15-29)24(33)28-12-2-1-3-13-28/h4-9,16,18,22H,1-3,10-15H2. The third kappa shape index (κ3) is 5.22. The van der Waals surface area contributed by atoms with Crippen LogP contribution in [-0.4, -0.2) is 58.1 Å². The number of aromatic nitrogens is 1. The topological polar surface area (TPSA) is 79.7 Å². The van der Waals surface area contributed by atoms with Crippen molar-refractivity contribution in [3.8, 4) is 0 Å². The fraction of sp³-hybridized carbons (Fsp3) is 0.440. The second-order valence-electron chi connectivity index (χ2n) is 8.85. The molecule has 180 valence electrons. The number of benzene rings is 1. The van der Waals surface area contributed by atoms with E-state index in [1.165, 1.54) is 35.4 Å². The average molecular weight is 488 g/mol. The van der Waals surface area contributed by atoms with Gasteiger partial charge in [-0.1, -0.05) is 11.6 Å². The van der Waals surface area contributed by atoms with Gasteiger partial charge in [0.1, 0.15) is 5.82 Å². The van der Waals surface area contributed by atoms with Crippen molar-refractivity contribution < 1.29 is 18.8 Å². The molecule has 0 saturated carbocycles. The molecule has 0 spiro atoms. The van der Waals surface area contributed by atoms with Gasteiger partial charge >= 0.3 is 0 Å². The van der Waals surface area contributed by atoms with Gasteiger partial charge in [0, 0.05) is 49.9 Å². The minimum atomic E-state index is -1.47. The first kappa shape index (κ1) is 24.1. The second-order valence-corrected chi connectivity index (χ2v) is 9.29. The molecule has 34 heavy (non-hydrogen) atoms. The molecule has 0 radical (unpaired) electrons. The number of halogens is 2. The Morgan fingerprint density at radius 1 is 0.882 bits per heavy atom. The second kappa shape index (κ2) is 10.5. The van der Waals surface area contributed by atoms with E-state index >= 15 is 0 Å². The zero-order valence-electron chi connectivity index (χ0n) is 18.8. The maximum absolute atomic E-state index is 13.6. The number of Topliss-reactive ketones (excluding diaryl/α,β-unsaturated/α-hetero) is 1. The van der Waals surface area contributed by atoms with Crippen LogP contribution < -0.4 is 5.56 Å². The van der Waals surface area contributed by atoms with Crippen molar-refractivity contribution in [1.29, 1.82) is 0 Å². The third-order valence-electron chi connectivity index (χ3n) is 6.61. The summed E-state index contributed by atoms with van der Waals surface area (Å²) < 4.78 is 14.4. The normalized spacial score (nSPS) is 17.9. The molecule has 7 nitrogen and oxygen atoms in total. The van der Waals surface area contributed by atoms with E-state index in [-0.39, 0.29) is 22.4 Å². The first-order valence-corrected chi connectivity index (χ1v) is 12.0. The molecular formula is C25H27ClFN3O4. The van der Waals surface area contributed by atoms with Gasteiger partial charge in [-0.2, -0.15) is 0 Å². The largest absolute Gasteiger partial charge is 0.342 e. The van der Waals surface area contributed by atoms with Gasteiger partial charge in [-0.15, -0.1) is 0 Å². The van der Waals surface area contributed by atoms with Gasteiger partial charge in [-0.25, -0.2) is 4.39 Å². The van der Waals surface area contributed by atoms with E-state index in [1.807, 2.05) is 4.90 Å². The van der Waals surface area contributed by atoms with E-state index in [1.54, 1.807) is 0 Å². The van der Waals surface area contributed by atoms with Crippen molar-refractivity contribution in [1.82, 2.24) is 14.4 Å². The lowest BCUT2D eigenvalue weighted by Gasteiger charge is -2.36.